The summed E-state index contributed by atoms with van der Waals surface area (Å²) in [5.74, 6) is 1.01. The zero-order valence-corrected chi connectivity index (χ0v) is 16.4. The first-order valence-corrected chi connectivity index (χ1v) is 9.24. The number of halogens is 1. The Morgan fingerprint density at radius 1 is 1.14 bits per heavy atom. The molecule has 8 nitrogen and oxygen atoms in total. The van der Waals surface area contributed by atoms with Crippen LogP contribution in [0.2, 0.25) is 0 Å². The summed E-state index contributed by atoms with van der Waals surface area (Å²) in [4.78, 5) is 14.3. The highest BCUT2D eigenvalue weighted by atomic mass is 79.9. The Morgan fingerprint density at radius 3 is 2.57 bits per heavy atom. The smallest absolute Gasteiger partial charge is 0.257 e. The van der Waals surface area contributed by atoms with Crippen LogP contribution < -0.4 is 5.32 Å². The highest BCUT2D eigenvalue weighted by Gasteiger charge is 2.26. The molecule has 0 fully saturated rings. The number of nitrogens with zero attached hydrogens (tertiary/aromatic N) is 5. The molecule has 2 heterocycles. The van der Waals surface area contributed by atoms with Crippen molar-refractivity contribution in [2.45, 2.75) is 13.0 Å². The number of hydrogen-bond donors (Lipinski definition) is 1. The van der Waals surface area contributed by atoms with E-state index in [1.165, 1.54) is 4.80 Å². The number of aryl methyl sites for hydroxylation is 1. The molecule has 0 saturated carbocycles. The number of benzene rings is 2. The Labute approximate surface area is 168 Å². The number of hydrogen-bond acceptors (Lipinski definition) is 6. The second-order valence-corrected chi connectivity index (χ2v) is 6.98. The molecule has 1 atom stereocenters. The molecule has 0 radical (unpaired) electrons. The molecule has 1 amide bonds. The van der Waals surface area contributed by atoms with Crippen molar-refractivity contribution in [2.75, 3.05) is 5.32 Å². The Morgan fingerprint density at radius 2 is 1.89 bits per heavy atom. The number of anilines is 1. The van der Waals surface area contributed by atoms with Crippen LogP contribution in [0.3, 0.4) is 0 Å². The van der Waals surface area contributed by atoms with Gasteiger partial charge in [-0.3, -0.25) is 4.79 Å². The third kappa shape index (κ3) is 3.84. The molecule has 0 aliphatic heterocycles. The van der Waals surface area contributed by atoms with Crippen LogP contribution >= 0.6 is 15.9 Å². The molecule has 0 bridgehead atoms. The van der Waals surface area contributed by atoms with Crippen molar-refractivity contribution >= 4 is 27.7 Å². The van der Waals surface area contributed by atoms with E-state index in [1.807, 2.05) is 54.6 Å². The van der Waals surface area contributed by atoms with Crippen LogP contribution in [0.15, 0.2) is 69.7 Å². The van der Waals surface area contributed by atoms with Crippen LogP contribution in [0.4, 0.5) is 5.82 Å². The Kier molecular flexibility index (Phi) is 4.98. The fraction of sp³-hybridized carbons (Fsp3) is 0.105. The van der Waals surface area contributed by atoms with Crippen LogP contribution in [0.25, 0.3) is 11.4 Å². The van der Waals surface area contributed by atoms with Crippen LogP contribution in [-0.4, -0.2) is 31.3 Å². The lowest BCUT2D eigenvalue weighted by molar-refractivity contribution is -0.118. The van der Waals surface area contributed by atoms with Crippen LogP contribution in [0.5, 0.6) is 0 Å². The molecular formula is C19H15BrN6O2. The van der Waals surface area contributed by atoms with E-state index in [1.54, 1.807) is 13.0 Å². The van der Waals surface area contributed by atoms with Crippen molar-refractivity contribution in [3.63, 3.8) is 0 Å². The fourth-order valence-electron chi connectivity index (χ4n) is 2.69. The molecule has 0 spiro atoms. The van der Waals surface area contributed by atoms with E-state index in [0.717, 1.165) is 15.6 Å². The van der Waals surface area contributed by atoms with E-state index in [-0.39, 0.29) is 5.91 Å². The Bertz CT molecular complexity index is 1090. The number of nitrogens with one attached hydrogen (secondary N) is 1. The van der Waals surface area contributed by atoms with Gasteiger partial charge in [-0.05, 0) is 42.0 Å². The van der Waals surface area contributed by atoms with Gasteiger partial charge in [-0.2, -0.15) is 0 Å². The molecule has 4 rings (SSSR count). The number of tetrazole rings is 1. The summed E-state index contributed by atoms with van der Waals surface area (Å²) in [6, 6.07) is 17.6. The largest absolute Gasteiger partial charge is 0.360 e. The molecule has 0 aliphatic rings. The van der Waals surface area contributed by atoms with Gasteiger partial charge in [0.2, 0.25) is 5.82 Å². The SMILES string of the molecule is Cc1cc(NC(=O)C(c2ccccc2)n2nnc(-c3ccc(Br)cc3)n2)no1. The van der Waals surface area contributed by atoms with E-state index < -0.39 is 6.04 Å². The van der Waals surface area contributed by atoms with E-state index in [2.05, 4.69) is 41.8 Å². The zero-order chi connectivity index (χ0) is 19.5. The molecular weight excluding hydrogens is 424 g/mol. The van der Waals surface area contributed by atoms with Crippen LogP contribution in [0.1, 0.15) is 17.4 Å². The lowest BCUT2D eigenvalue weighted by Gasteiger charge is -2.14. The second-order valence-electron chi connectivity index (χ2n) is 6.07. The number of carbonyl (C=O) groups excluding carboxylic acids is 1. The highest BCUT2D eigenvalue weighted by Crippen LogP contribution is 2.22. The first-order valence-electron chi connectivity index (χ1n) is 8.45. The average molecular weight is 439 g/mol. The zero-order valence-electron chi connectivity index (χ0n) is 14.8. The van der Waals surface area contributed by atoms with Crippen molar-refractivity contribution < 1.29 is 9.32 Å². The van der Waals surface area contributed by atoms with E-state index in [9.17, 15) is 4.79 Å². The molecule has 2 aromatic heterocycles. The van der Waals surface area contributed by atoms with Crippen molar-refractivity contribution in [3.05, 3.63) is 76.5 Å². The lowest BCUT2D eigenvalue weighted by atomic mass is 10.1. The molecule has 4 aromatic rings. The maximum atomic E-state index is 13.0. The van der Waals surface area contributed by atoms with Crippen molar-refractivity contribution in [2.24, 2.45) is 0 Å². The summed E-state index contributed by atoms with van der Waals surface area (Å²) in [7, 11) is 0. The van der Waals surface area contributed by atoms with Gasteiger partial charge in [-0.1, -0.05) is 51.4 Å². The van der Waals surface area contributed by atoms with E-state index in [4.69, 9.17) is 4.52 Å². The molecule has 28 heavy (non-hydrogen) atoms. The summed E-state index contributed by atoms with van der Waals surface area (Å²) >= 11 is 3.40. The van der Waals surface area contributed by atoms with E-state index >= 15 is 0 Å². The second kappa shape index (κ2) is 7.73. The molecule has 0 aliphatic carbocycles. The summed E-state index contributed by atoms with van der Waals surface area (Å²) < 4.78 is 5.96. The van der Waals surface area contributed by atoms with Crippen molar-refractivity contribution in [1.82, 2.24) is 25.4 Å². The van der Waals surface area contributed by atoms with Crippen LogP contribution in [-0.2, 0) is 4.79 Å². The summed E-state index contributed by atoms with van der Waals surface area (Å²) in [6.07, 6.45) is 0. The maximum absolute atomic E-state index is 13.0. The fourth-order valence-corrected chi connectivity index (χ4v) is 2.96. The maximum Gasteiger partial charge on any atom is 0.257 e. The minimum atomic E-state index is -0.810. The minimum absolute atomic E-state index is 0.330. The Hall–Kier alpha value is -3.33. The topological polar surface area (TPSA) is 98.7 Å². The minimum Gasteiger partial charge on any atom is -0.360 e. The first-order chi connectivity index (χ1) is 13.6. The van der Waals surface area contributed by atoms with Gasteiger partial charge in [0.15, 0.2) is 11.9 Å². The van der Waals surface area contributed by atoms with Gasteiger partial charge in [0, 0.05) is 16.1 Å². The van der Waals surface area contributed by atoms with Gasteiger partial charge in [0.1, 0.15) is 5.76 Å². The quantitative estimate of drug-likeness (QED) is 0.510. The van der Waals surface area contributed by atoms with Gasteiger partial charge in [0.25, 0.3) is 5.91 Å². The third-order valence-electron chi connectivity index (χ3n) is 4.00. The van der Waals surface area contributed by atoms with Gasteiger partial charge >= 0.3 is 0 Å². The average Bonchev–Trinajstić information content (AvgIpc) is 3.33. The van der Waals surface area contributed by atoms with E-state index in [0.29, 0.717) is 17.4 Å². The molecule has 1 N–H and O–H groups in total. The van der Waals surface area contributed by atoms with Crippen LogP contribution in [0, 0.1) is 6.92 Å². The monoisotopic (exact) mass is 438 g/mol. The highest BCUT2D eigenvalue weighted by molar-refractivity contribution is 9.10. The molecule has 0 saturated heterocycles. The molecule has 140 valence electrons. The standard InChI is InChI=1S/C19H15BrN6O2/c1-12-11-16(24-28-12)21-19(27)17(13-5-3-2-4-6-13)26-23-18(22-25-26)14-7-9-15(20)10-8-14/h2-11,17H,1H3,(H,21,24,27). The lowest BCUT2D eigenvalue weighted by Crippen LogP contribution is -2.29. The van der Waals surface area contributed by atoms with Crippen molar-refractivity contribution in [1.29, 1.82) is 0 Å². The number of carbonyl (C=O) groups is 1. The Balaban J connectivity index is 1.68. The summed E-state index contributed by atoms with van der Waals surface area (Å²) in [5, 5.41) is 19.2. The summed E-state index contributed by atoms with van der Waals surface area (Å²) in [5.41, 5.74) is 1.52. The van der Waals surface area contributed by atoms with Gasteiger partial charge in [0.05, 0.1) is 0 Å². The van der Waals surface area contributed by atoms with Gasteiger partial charge in [-0.15, -0.1) is 15.0 Å². The predicted molar refractivity (Wildman–Crippen MR) is 105 cm³/mol. The number of aromatic nitrogens is 5. The predicted octanol–water partition coefficient (Wildman–Crippen LogP) is 3.63. The molecule has 2 aromatic carbocycles. The van der Waals surface area contributed by atoms with Gasteiger partial charge < -0.3 is 9.84 Å². The summed E-state index contributed by atoms with van der Waals surface area (Å²) in [6.45, 7) is 1.75. The molecule has 9 heteroatoms. The number of rotatable bonds is 5. The van der Waals surface area contributed by atoms with Gasteiger partial charge in [-0.25, -0.2) is 0 Å². The first kappa shape index (κ1) is 18.1. The molecule has 1 unspecified atom stereocenters. The third-order valence-corrected chi connectivity index (χ3v) is 4.53. The van der Waals surface area contributed by atoms with Crippen molar-refractivity contribution in [3.8, 4) is 11.4 Å². The number of amides is 1. The normalized spacial score (nSPS) is 11.9.